The van der Waals surface area contributed by atoms with Gasteiger partial charge in [-0.1, -0.05) is 192 Å². The summed E-state index contributed by atoms with van der Waals surface area (Å²) in [6.45, 7) is 27.6. The molecule has 0 amide bonds. The van der Waals surface area contributed by atoms with Crippen molar-refractivity contribution >= 4 is 43.6 Å². The van der Waals surface area contributed by atoms with Crippen molar-refractivity contribution < 1.29 is 0 Å². The lowest BCUT2D eigenvalue weighted by Crippen LogP contribution is -2.10. The van der Waals surface area contributed by atoms with Crippen LogP contribution in [-0.4, -0.2) is 24.1 Å². The Morgan fingerprint density at radius 2 is 0.611 bits per heavy atom. The first-order valence-corrected chi connectivity index (χ1v) is 25.5. The number of rotatable bonds is 6. The monoisotopic (exact) mass is 940 g/mol. The summed E-state index contributed by atoms with van der Waals surface area (Å²) in [4.78, 5) is 15.2. The molecule has 0 radical (unpaired) electrons. The maximum atomic E-state index is 5.10. The topological polar surface area (TPSA) is 48.5 Å². The van der Waals surface area contributed by atoms with Crippen LogP contribution in [0.4, 0.5) is 0 Å². The van der Waals surface area contributed by atoms with Crippen molar-refractivity contribution in [3.63, 3.8) is 0 Å². The smallest absolute Gasteiger partial charge is 0.164 e. The summed E-state index contributed by atoms with van der Waals surface area (Å²) < 4.78 is 4.97. The van der Waals surface area contributed by atoms with Crippen molar-refractivity contribution in [1.29, 1.82) is 0 Å². The molecule has 11 rings (SSSR count). The first-order valence-electron chi connectivity index (χ1n) is 25.5. The van der Waals surface area contributed by atoms with Gasteiger partial charge in [0, 0.05) is 49.5 Å². The Balaban J connectivity index is 1.17. The number of aromatic nitrogens is 5. The number of hydrogen-bond acceptors (Lipinski definition) is 3. The standard InChI is InChI=1S/C67H65N5/c1-64(2,3)46-27-32-57-52(37-46)53-38-47(65(4,5)6)28-33-58(53)71(57)50-31-36-56(72-59-34-29-48(66(7,8)9)39-54(59)55-40-49(67(10,11)12)30-35-60(55)72)51(41-50)42-23-25-45(26-24-42)63-69-61(43-19-15-13-16-20-43)68-62(70-63)44-21-17-14-18-22-44/h13-41H,1-12H3. The number of fused-ring (bicyclic) bond motifs is 6. The van der Waals surface area contributed by atoms with E-state index in [0.717, 1.165) is 39.2 Å². The van der Waals surface area contributed by atoms with E-state index in [0.29, 0.717) is 17.5 Å². The van der Waals surface area contributed by atoms with Crippen LogP contribution in [0.2, 0.25) is 0 Å². The van der Waals surface area contributed by atoms with Gasteiger partial charge in [-0.3, -0.25) is 0 Å². The SMILES string of the molecule is CC(C)(C)c1ccc2c(c1)c1cc(C(C)(C)C)ccc1n2-c1ccc(-n2c3ccc(C(C)(C)C)cc3c3cc(C(C)(C)C)ccc32)c(-c2ccc(-c3nc(-c4ccccc4)nc(-c4ccccc4)n3)cc2)c1. The Morgan fingerprint density at radius 3 is 0.958 bits per heavy atom. The highest BCUT2D eigenvalue weighted by Crippen LogP contribution is 2.43. The van der Waals surface area contributed by atoms with Crippen LogP contribution in [-0.2, 0) is 21.7 Å². The summed E-state index contributed by atoms with van der Waals surface area (Å²) in [5.74, 6) is 1.92. The second kappa shape index (κ2) is 17.0. The lowest BCUT2D eigenvalue weighted by atomic mass is 9.85. The summed E-state index contributed by atoms with van der Waals surface area (Å²) in [7, 11) is 0. The Morgan fingerprint density at radius 1 is 0.292 bits per heavy atom. The Labute approximate surface area is 425 Å². The molecule has 0 aliphatic carbocycles. The number of benzene rings is 8. The van der Waals surface area contributed by atoms with Crippen LogP contribution in [0.15, 0.2) is 176 Å². The van der Waals surface area contributed by atoms with Crippen LogP contribution in [0, 0.1) is 0 Å². The maximum absolute atomic E-state index is 5.10. The first kappa shape index (κ1) is 46.7. The van der Waals surface area contributed by atoms with Crippen LogP contribution in [0.3, 0.4) is 0 Å². The highest BCUT2D eigenvalue weighted by Gasteiger charge is 2.25. The summed E-state index contributed by atoms with van der Waals surface area (Å²) in [6.07, 6.45) is 0. The Hall–Kier alpha value is -7.63. The third kappa shape index (κ3) is 8.39. The summed E-state index contributed by atoms with van der Waals surface area (Å²) in [6, 6.07) is 64.6. The normalized spacial score (nSPS) is 12.7. The van der Waals surface area contributed by atoms with Crippen molar-refractivity contribution in [2.45, 2.75) is 105 Å². The highest BCUT2D eigenvalue weighted by molar-refractivity contribution is 6.12. The fourth-order valence-corrected chi connectivity index (χ4v) is 10.3. The number of nitrogens with zero attached hydrogens (tertiary/aromatic N) is 5. The van der Waals surface area contributed by atoms with E-state index in [2.05, 4.69) is 232 Å². The van der Waals surface area contributed by atoms with E-state index in [9.17, 15) is 0 Å². The molecular weight excluding hydrogens is 875 g/mol. The van der Waals surface area contributed by atoms with Crippen LogP contribution in [0.5, 0.6) is 0 Å². The van der Waals surface area contributed by atoms with Gasteiger partial charge in [-0.25, -0.2) is 15.0 Å². The van der Waals surface area contributed by atoms with Gasteiger partial charge in [0.15, 0.2) is 17.5 Å². The van der Waals surface area contributed by atoms with Crippen molar-refractivity contribution in [2.24, 2.45) is 0 Å². The van der Waals surface area contributed by atoms with Gasteiger partial charge in [0.1, 0.15) is 0 Å². The largest absolute Gasteiger partial charge is 0.309 e. The molecule has 0 saturated heterocycles. The predicted octanol–water partition coefficient (Wildman–Crippen LogP) is 17.9. The van der Waals surface area contributed by atoms with E-state index in [4.69, 9.17) is 15.0 Å². The quantitative estimate of drug-likeness (QED) is 0.167. The minimum absolute atomic E-state index is 0.00235. The molecule has 0 aliphatic heterocycles. The number of hydrogen-bond donors (Lipinski definition) is 0. The molecule has 11 aromatic rings. The minimum atomic E-state index is -0.00927. The molecule has 5 heteroatoms. The van der Waals surface area contributed by atoms with Crippen LogP contribution in [0.25, 0.3) is 100 Å². The minimum Gasteiger partial charge on any atom is -0.309 e. The average molecular weight is 940 g/mol. The van der Waals surface area contributed by atoms with Crippen LogP contribution >= 0.6 is 0 Å². The average Bonchev–Trinajstić information content (AvgIpc) is 3.87. The molecule has 0 bridgehead atoms. The van der Waals surface area contributed by atoms with Crippen molar-refractivity contribution in [2.75, 3.05) is 0 Å². The highest BCUT2D eigenvalue weighted by atomic mass is 15.0. The fourth-order valence-electron chi connectivity index (χ4n) is 10.3. The van der Waals surface area contributed by atoms with Crippen LogP contribution < -0.4 is 0 Å². The molecule has 5 nitrogen and oxygen atoms in total. The lowest BCUT2D eigenvalue weighted by Gasteiger charge is -2.20. The second-order valence-corrected chi connectivity index (χ2v) is 23.9. The van der Waals surface area contributed by atoms with Gasteiger partial charge in [-0.2, -0.15) is 0 Å². The van der Waals surface area contributed by atoms with E-state index in [1.165, 1.54) is 65.9 Å². The van der Waals surface area contributed by atoms with E-state index in [-0.39, 0.29) is 21.7 Å². The van der Waals surface area contributed by atoms with E-state index in [1.54, 1.807) is 0 Å². The fraction of sp³-hybridized carbons (Fsp3) is 0.239. The second-order valence-electron chi connectivity index (χ2n) is 23.9. The van der Waals surface area contributed by atoms with Gasteiger partial charge in [0.2, 0.25) is 0 Å². The van der Waals surface area contributed by atoms with Crippen molar-refractivity contribution in [3.8, 4) is 56.7 Å². The molecule has 358 valence electrons. The summed E-state index contributed by atoms with van der Waals surface area (Å²) in [5.41, 5.74) is 17.3. The van der Waals surface area contributed by atoms with Gasteiger partial charge in [-0.15, -0.1) is 0 Å². The molecular formula is C67H65N5. The summed E-state index contributed by atoms with van der Waals surface area (Å²) >= 11 is 0. The predicted molar refractivity (Wildman–Crippen MR) is 305 cm³/mol. The lowest BCUT2D eigenvalue weighted by molar-refractivity contribution is 0.590. The molecule has 0 aliphatic rings. The van der Waals surface area contributed by atoms with Gasteiger partial charge < -0.3 is 9.13 Å². The zero-order valence-electron chi connectivity index (χ0n) is 44.0. The van der Waals surface area contributed by atoms with Gasteiger partial charge in [0.25, 0.3) is 0 Å². The van der Waals surface area contributed by atoms with E-state index >= 15 is 0 Å². The molecule has 3 aromatic heterocycles. The molecule has 3 heterocycles. The first-order chi connectivity index (χ1) is 34.2. The Kier molecular flexibility index (Phi) is 11.0. The molecule has 0 unspecified atom stereocenters. The van der Waals surface area contributed by atoms with E-state index in [1.807, 2.05) is 36.4 Å². The van der Waals surface area contributed by atoms with Crippen LogP contribution in [0.1, 0.15) is 105 Å². The van der Waals surface area contributed by atoms with Crippen molar-refractivity contribution in [3.05, 3.63) is 198 Å². The van der Waals surface area contributed by atoms with Crippen molar-refractivity contribution in [1.82, 2.24) is 24.1 Å². The van der Waals surface area contributed by atoms with Gasteiger partial charge in [0.05, 0.1) is 27.8 Å². The molecule has 72 heavy (non-hydrogen) atoms. The van der Waals surface area contributed by atoms with E-state index < -0.39 is 0 Å². The third-order valence-corrected chi connectivity index (χ3v) is 14.6. The zero-order chi connectivity index (χ0) is 50.5. The third-order valence-electron chi connectivity index (χ3n) is 14.6. The zero-order valence-corrected chi connectivity index (χ0v) is 44.0. The molecule has 0 spiro atoms. The molecule has 8 aromatic carbocycles. The van der Waals surface area contributed by atoms with Gasteiger partial charge in [-0.05, 0) is 116 Å². The molecule has 0 fully saturated rings. The maximum Gasteiger partial charge on any atom is 0.164 e. The molecule has 0 saturated carbocycles. The Bertz CT molecular complexity index is 3660. The molecule has 0 atom stereocenters. The summed E-state index contributed by atoms with van der Waals surface area (Å²) in [5, 5.41) is 5.07. The molecule has 0 N–H and O–H groups in total. The van der Waals surface area contributed by atoms with Gasteiger partial charge >= 0.3 is 0 Å².